The van der Waals surface area contributed by atoms with Gasteiger partial charge in [-0.15, -0.1) is 0 Å². The highest BCUT2D eigenvalue weighted by Crippen LogP contribution is 2.34. The van der Waals surface area contributed by atoms with Gasteiger partial charge in [0.25, 0.3) is 0 Å². The molecule has 86 valence electrons. The number of rotatable bonds is 3. The summed E-state index contributed by atoms with van der Waals surface area (Å²) >= 11 is 0. The van der Waals surface area contributed by atoms with Crippen molar-refractivity contribution in [1.29, 1.82) is 0 Å². The van der Waals surface area contributed by atoms with Crippen molar-refractivity contribution in [3.05, 3.63) is 0 Å². The summed E-state index contributed by atoms with van der Waals surface area (Å²) in [5, 5.41) is 3.38. The summed E-state index contributed by atoms with van der Waals surface area (Å²) in [6.07, 6.45) is 4.47. The lowest BCUT2D eigenvalue weighted by Gasteiger charge is -2.23. The standard InChI is InChI=1S/C11H20N2O2/c1-9(15-2)7-13-8-12-11(10(13)14)5-3-4-6-11/h9,12H,3-8H2,1-2H3. The summed E-state index contributed by atoms with van der Waals surface area (Å²) in [5.41, 5.74) is -0.215. The Morgan fingerprint density at radius 1 is 1.53 bits per heavy atom. The van der Waals surface area contributed by atoms with Crippen molar-refractivity contribution in [2.24, 2.45) is 0 Å². The second-order valence-electron chi connectivity index (χ2n) is 4.70. The molecule has 0 aromatic heterocycles. The number of nitrogens with zero attached hydrogens (tertiary/aromatic N) is 1. The maximum Gasteiger partial charge on any atom is 0.244 e. The molecule has 1 aliphatic heterocycles. The second kappa shape index (κ2) is 4.10. The number of amides is 1. The molecule has 1 aliphatic carbocycles. The molecule has 0 radical (unpaired) electrons. The van der Waals surface area contributed by atoms with Crippen LogP contribution in [0.4, 0.5) is 0 Å². The first-order valence-corrected chi connectivity index (χ1v) is 5.75. The van der Waals surface area contributed by atoms with Gasteiger partial charge in [-0.2, -0.15) is 0 Å². The van der Waals surface area contributed by atoms with E-state index in [1.54, 1.807) is 7.11 Å². The number of methoxy groups -OCH3 is 1. The molecule has 1 N–H and O–H groups in total. The Morgan fingerprint density at radius 2 is 2.20 bits per heavy atom. The van der Waals surface area contributed by atoms with Crippen molar-refractivity contribution < 1.29 is 9.53 Å². The Labute approximate surface area is 91.0 Å². The normalized spacial score (nSPS) is 26.5. The van der Waals surface area contributed by atoms with Crippen LogP contribution in [0.3, 0.4) is 0 Å². The first-order chi connectivity index (χ1) is 7.18. The van der Waals surface area contributed by atoms with Crippen molar-refractivity contribution in [2.75, 3.05) is 20.3 Å². The summed E-state index contributed by atoms with van der Waals surface area (Å²) < 4.78 is 5.19. The molecule has 0 aromatic carbocycles. The Hall–Kier alpha value is -0.610. The van der Waals surface area contributed by atoms with Crippen molar-refractivity contribution >= 4 is 5.91 Å². The molecular weight excluding hydrogens is 192 g/mol. The highest BCUT2D eigenvalue weighted by Gasteiger charge is 2.47. The summed E-state index contributed by atoms with van der Waals surface area (Å²) in [4.78, 5) is 14.1. The lowest BCUT2D eigenvalue weighted by molar-refractivity contribution is -0.133. The van der Waals surface area contributed by atoms with Crippen LogP contribution >= 0.6 is 0 Å². The molecular formula is C11H20N2O2. The van der Waals surface area contributed by atoms with E-state index in [2.05, 4.69) is 5.32 Å². The zero-order chi connectivity index (χ0) is 10.9. The minimum atomic E-state index is -0.215. The Morgan fingerprint density at radius 3 is 2.80 bits per heavy atom. The molecule has 1 saturated carbocycles. The summed E-state index contributed by atoms with van der Waals surface area (Å²) in [6.45, 7) is 3.38. The predicted octanol–water partition coefficient (Wildman–Crippen LogP) is 0.723. The SMILES string of the molecule is COC(C)CN1CNC2(CCCC2)C1=O. The van der Waals surface area contributed by atoms with E-state index in [0.29, 0.717) is 13.2 Å². The smallest absolute Gasteiger partial charge is 0.244 e. The van der Waals surface area contributed by atoms with Gasteiger partial charge in [0, 0.05) is 13.7 Å². The highest BCUT2D eigenvalue weighted by atomic mass is 16.5. The molecule has 1 saturated heterocycles. The third-order valence-electron chi connectivity index (χ3n) is 3.64. The van der Waals surface area contributed by atoms with E-state index in [9.17, 15) is 4.79 Å². The van der Waals surface area contributed by atoms with E-state index < -0.39 is 0 Å². The number of nitrogens with one attached hydrogen (secondary N) is 1. The van der Waals surface area contributed by atoms with E-state index in [-0.39, 0.29) is 17.6 Å². The maximum absolute atomic E-state index is 12.2. The zero-order valence-electron chi connectivity index (χ0n) is 9.58. The lowest BCUT2D eigenvalue weighted by atomic mass is 9.98. The third kappa shape index (κ3) is 1.88. The average molecular weight is 212 g/mol. The fourth-order valence-electron chi connectivity index (χ4n) is 2.60. The van der Waals surface area contributed by atoms with Crippen LogP contribution in [0.5, 0.6) is 0 Å². The topological polar surface area (TPSA) is 41.6 Å². The minimum absolute atomic E-state index is 0.118. The Balaban J connectivity index is 1.98. The summed E-state index contributed by atoms with van der Waals surface area (Å²) in [7, 11) is 1.68. The van der Waals surface area contributed by atoms with Gasteiger partial charge in [0.15, 0.2) is 0 Å². The van der Waals surface area contributed by atoms with Crippen LogP contribution in [0.15, 0.2) is 0 Å². The molecule has 0 aromatic rings. The van der Waals surface area contributed by atoms with Crippen molar-refractivity contribution in [1.82, 2.24) is 10.2 Å². The molecule has 1 atom stereocenters. The van der Waals surface area contributed by atoms with Crippen molar-refractivity contribution in [2.45, 2.75) is 44.2 Å². The number of ether oxygens (including phenoxy) is 1. The van der Waals surface area contributed by atoms with Gasteiger partial charge in [-0.1, -0.05) is 12.8 Å². The first-order valence-electron chi connectivity index (χ1n) is 5.75. The fourth-order valence-corrected chi connectivity index (χ4v) is 2.60. The van der Waals surface area contributed by atoms with Crippen LogP contribution in [-0.2, 0) is 9.53 Å². The van der Waals surface area contributed by atoms with E-state index in [4.69, 9.17) is 4.74 Å². The van der Waals surface area contributed by atoms with Gasteiger partial charge in [-0.05, 0) is 19.8 Å². The van der Waals surface area contributed by atoms with Crippen LogP contribution in [0.2, 0.25) is 0 Å². The van der Waals surface area contributed by atoms with Crippen LogP contribution in [0.1, 0.15) is 32.6 Å². The van der Waals surface area contributed by atoms with Crippen LogP contribution in [-0.4, -0.2) is 42.8 Å². The number of carbonyl (C=O) groups is 1. The monoisotopic (exact) mass is 212 g/mol. The van der Waals surface area contributed by atoms with Gasteiger partial charge in [0.05, 0.1) is 18.3 Å². The fraction of sp³-hybridized carbons (Fsp3) is 0.909. The molecule has 0 bridgehead atoms. The quantitative estimate of drug-likeness (QED) is 0.749. The molecule has 2 aliphatic rings. The largest absolute Gasteiger partial charge is 0.380 e. The summed E-state index contributed by atoms with van der Waals surface area (Å²) in [5.74, 6) is 0.281. The van der Waals surface area contributed by atoms with Crippen LogP contribution in [0.25, 0.3) is 0 Å². The molecule has 1 spiro atoms. The van der Waals surface area contributed by atoms with Crippen LogP contribution < -0.4 is 5.32 Å². The summed E-state index contributed by atoms with van der Waals surface area (Å²) in [6, 6.07) is 0. The van der Waals surface area contributed by atoms with Gasteiger partial charge in [0.2, 0.25) is 5.91 Å². The number of carbonyl (C=O) groups excluding carboxylic acids is 1. The predicted molar refractivity (Wildman–Crippen MR) is 57.4 cm³/mol. The lowest BCUT2D eigenvalue weighted by Crippen LogP contribution is -2.44. The molecule has 1 amide bonds. The first kappa shape index (κ1) is 10.9. The Kier molecular flexibility index (Phi) is 2.98. The molecule has 1 heterocycles. The number of hydrogen-bond donors (Lipinski definition) is 1. The number of hydrogen-bond acceptors (Lipinski definition) is 3. The maximum atomic E-state index is 12.2. The van der Waals surface area contributed by atoms with Crippen LogP contribution in [0, 0.1) is 0 Å². The minimum Gasteiger partial charge on any atom is -0.380 e. The van der Waals surface area contributed by atoms with E-state index in [1.165, 1.54) is 12.8 Å². The van der Waals surface area contributed by atoms with E-state index >= 15 is 0 Å². The van der Waals surface area contributed by atoms with Gasteiger partial charge in [0.1, 0.15) is 0 Å². The molecule has 15 heavy (non-hydrogen) atoms. The molecule has 2 rings (SSSR count). The van der Waals surface area contributed by atoms with Gasteiger partial charge in [-0.3, -0.25) is 10.1 Å². The Bertz CT molecular complexity index is 249. The molecule has 4 heteroatoms. The van der Waals surface area contributed by atoms with E-state index in [1.807, 2.05) is 11.8 Å². The second-order valence-corrected chi connectivity index (χ2v) is 4.70. The third-order valence-corrected chi connectivity index (χ3v) is 3.64. The van der Waals surface area contributed by atoms with E-state index in [0.717, 1.165) is 12.8 Å². The molecule has 2 fully saturated rings. The van der Waals surface area contributed by atoms with Crippen molar-refractivity contribution in [3.63, 3.8) is 0 Å². The molecule has 1 unspecified atom stereocenters. The zero-order valence-corrected chi connectivity index (χ0v) is 9.58. The van der Waals surface area contributed by atoms with Crippen molar-refractivity contribution in [3.8, 4) is 0 Å². The van der Waals surface area contributed by atoms with Gasteiger partial charge >= 0.3 is 0 Å². The average Bonchev–Trinajstić information content (AvgIpc) is 2.82. The highest BCUT2D eigenvalue weighted by molar-refractivity contribution is 5.88. The van der Waals surface area contributed by atoms with Gasteiger partial charge < -0.3 is 9.64 Å². The van der Waals surface area contributed by atoms with Gasteiger partial charge in [-0.25, -0.2) is 0 Å². The molecule has 4 nitrogen and oxygen atoms in total.